The van der Waals surface area contributed by atoms with Gasteiger partial charge in [-0.15, -0.1) is 0 Å². The number of hydrogen-bond acceptors (Lipinski definition) is 4. The smallest absolute Gasteiger partial charge is 0.267 e. The maximum absolute atomic E-state index is 12.5. The van der Waals surface area contributed by atoms with Gasteiger partial charge in [0.05, 0.1) is 12.2 Å². The SMILES string of the molecule is Cc1nn(C)c(C)c1CCNC(=O)C1=NN(Cc2ccccc2)C(=O)CC1. The molecule has 0 spiro atoms. The van der Waals surface area contributed by atoms with Crippen molar-refractivity contribution >= 4 is 17.5 Å². The van der Waals surface area contributed by atoms with Crippen molar-refractivity contribution in [1.29, 1.82) is 0 Å². The first-order chi connectivity index (χ1) is 13.0. The third-order valence-corrected chi connectivity index (χ3v) is 4.86. The van der Waals surface area contributed by atoms with Gasteiger partial charge in [-0.05, 0) is 31.4 Å². The van der Waals surface area contributed by atoms with Crippen LogP contribution in [0, 0.1) is 13.8 Å². The van der Waals surface area contributed by atoms with E-state index in [-0.39, 0.29) is 11.8 Å². The first-order valence-electron chi connectivity index (χ1n) is 9.14. The maximum atomic E-state index is 12.5. The monoisotopic (exact) mass is 367 g/mol. The van der Waals surface area contributed by atoms with Crippen LogP contribution < -0.4 is 5.32 Å². The van der Waals surface area contributed by atoms with Gasteiger partial charge in [0, 0.05) is 32.1 Å². The molecule has 0 atom stereocenters. The molecule has 0 bridgehead atoms. The normalized spacial score (nSPS) is 14.3. The van der Waals surface area contributed by atoms with Crippen molar-refractivity contribution in [3.63, 3.8) is 0 Å². The van der Waals surface area contributed by atoms with Crippen LogP contribution in [0.4, 0.5) is 0 Å². The predicted molar refractivity (Wildman–Crippen MR) is 103 cm³/mol. The number of hydrazone groups is 1. The van der Waals surface area contributed by atoms with E-state index in [1.807, 2.05) is 55.9 Å². The minimum absolute atomic E-state index is 0.0583. The van der Waals surface area contributed by atoms with Crippen molar-refractivity contribution in [2.45, 2.75) is 39.7 Å². The summed E-state index contributed by atoms with van der Waals surface area (Å²) in [4.78, 5) is 24.6. The van der Waals surface area contributed by atoms with Crippen LogP contribution in [0.5, 0.6) is 0 Å². The molecule has 3 rings (SSSR count). The minimum atomic E-state index is -0.209. The van der Waals surface area contributed by atoms with Gasteiger partial charge < -0.3 is 5.32 Å². The van der Waals surface area contributed by atoms with Crippen LogP contribution in [0.1, 0.15) is 35.4 Å². The Labute approximate surface area is 159 Å². The lowest BCUT2D eigenvalue weighted by atomic mass is 10.1. The molecule has 0 unspecified atom stereocenters. The number of carbonyl (C=O) groups excluding carboxylic acids is 2. The summed E-state index contributed by atoms with van der Waals surface area (Å²) in [6.45, 7) is 4.89. The zero-order valence-corrected chi connectivity index (χ0v) is 16.0. The van der Waals surface area contributed by atoms with E-state index in [1.54, 1.807) is 0 Å². The van der Waals surface area contributed by atoms with Crippen LogP contribution in [0.3, 0.4) is 0 Å². The molecule has 0 saturated carbocycles. The summed E-state index contributed by atoms with van der Waals surface area (Å²) in [6, 6.07) is 9.65. The fourth-order valence-electron chi connectivity index (χ4n) is 3.23. The van der Waals surface area contributed by atoms with Crippen LogP contribution in [0.2, 0.25) is 0 Å². The molecule has 2 heterocycles. The average molecular weight is 367 g/mol. The number of nitrogens with one attached hydrogen (secondary N) is 1. The molecule has 7 heteroatoms. The number of hydrogen-bond donors (Lipinski definition) is 1. The Balaban J connectivity index is 1.60. The summed E-state index contributed by atoms with van der Waals surface area (Å²) in [5.41, 5.74) is 4.64. The molecular weight excluding hydrogens is 342 g/mol. The largest absolute Gasteiger partial charge is 0.351 e. The van der Waals surface area contributed by atoms with Gasteiger partial charge in [0.1, 0.15) is 5.71 Å². The van der Waals surface area contributed by atoms with E-state index in [0.29, 0.717) is 31.6 Å². The predicted octanol–water partition coefficient (Wildman–Crippen LogP) is 1.87. The fraction of sp³-hybridized carbons (Fsp3) is 0.400. The second-order valence-electron chi connectivity index (χ2n) is 6.76. The summed E-state index contributed by atoms with van der Waals surface area (Å²) < 4.78 is 1.85. The highest BCUT2D eigenvalue weighted by molar-refractivity contribution is 6.39. The van der Waals surface area contributed by atoms with Crippen LogP contribution in [0.15, 0.2) is 35.4 Å². The van der Waals surface area contributed by atoms with Crippen LogP contribution >= 0.6 is 0 Å². The third-order valence-electron chi connectivity index (χ3n) is 4.86. The number of aryl methyl sites for hydroxylation is 2. The molecule has 1 aromatic heterocycles. The van der Waals surface area contributed by atoms with Crippen molar-refractivity contribution in [2.75, 3.05) is 6.54 Å². The van der Waals surface area contributed by atoms with Crippen molar-refractivity contribution in [2.24, 2.45) is 12.1 Å². The topological polar surface area (TPSA) is 79.6 Å². The van der Waals surface area contributed by atoms with Crippen LogP contribution in [0.25, 0.3) is 0 Å². The number of aromatic nitrogens is 2. The van der Waals surface area contributed by atoms with Gasteiger partial charge in [-0.2, -0.15) is 10.2 Å². The highest BCUT2D eigenvalue weighted by Gasteiger charge is 2.24. The average Bonchev–Trinajstić information content (AvgIpc) is 2.90. The van der Waals surface area contributed by atoms with Gasteiger partial charge in [-0.25, -0.2) is 5.01 Å². The second kappa shape index (κ2) is 8.16. The molecule has 142 valence electrons. The third kappa shape index (κ3) is 4.42. The molecule has 2 amide bonds. The molecule has 0 saturated heterocycles. The van der Waals surface area contributed by atoms with E-state index < -0.39 is 0 Å². The summed E-state index contributed by atoms with van der Waals surface area (Å²) >= 11 is 0. The molecule has 0 radical (unpaired) electrons. The van der Waals surface area contributed by atoms with Gasteiger partial charge in [-0.1, -0.05) is 30.3 Å². The number of rotatable bonds is 6. The first kappa shape index (κ1) is 18.8. The van der Waals surface area contributed by atoms with Gasteiger partial charge >= 0.3 is 0 Å². The Morgan fingerprint density at radius 3 is 2.59 bits per heavy atom. The lowest BCUT2D eigenvalue weighted by Gasteiger charge is -2.23. The second-order valence-corrected chi connectivity index (χ2v) is 6.76. The Morgan fingerprint density at radius 1 is 1.19 bits per heavy atom. The molecule has 27 heavy (non-hydrogen) atoms. The number of carbonyl (C=O) groups is 2. The molecule has 1 N–H and O–H groups in total. The van der Waals surface area contributed by atoms with Gasteiger partial charge in [-0.3, -0.25) is 14.3 Å². The highest BCUT2D eigenvalue weighted by atomic mass is 16.2. The Bertz CT molecular complexity index is 870. The highest BCUT2D eigenvalue weighted by Crippen LogP contribution is 2.14. The van der Waals surface area contributed by atoms with Crippen LogP contribution in [-0.2, 0) is 29.6 Å². The van der Waals surface area contributed by atoms with Gasteiger partial charge in [0.2, 0.25) is 5.91 Å². The quantitative estimate of drug-likeness (QED) is 0.846. The molecule has 1 aliphatic rings. The lowest BCUT2D eigenvalue weighted by molar-refractivity contribution is -0.132. The van der Waals surface area contributed by atoms with Crippen molar-refractivity contribution in [3.05, 3.63) is 52.8 Å². The zero-order valence-electron chi connectivity index (χ0n) is 16.0. The van der Waals surface area contributed by atoms with Crippen molar-refractivity contribution in [3.8, 4) is 0 Å². The zero-order chi connectivity index (χ0) is 19.4. The van der Waals surface area contributed by atoms with E-state index in [9.17, 15) is 9.59 Å². The lowest BCUT2D eigenvalue weighted by Crippen LogP contribution is -2.39. The Hall–Kier alpha value is -2.96. The summed E-state index contributed by atoms with van der Waals surface area (Å²) in [7, 11) is 1.92. The molecule has 2 aromatic rings. The van der Waals surface area contributed by atoms with E-state index in [1.165, 1.54) is 5.01 Å². The molecule has 1 aromatic carbocycles. The first-order valence-corrected chi connectivity index (χ1v) is 9.14. The van der Waals surface area contributed by atoms with Gasteiger partial charge in [0.25, 0.3) is 5.91 Å². The Kier molecular flexibility index (Phi) is 5.69. The Morgan fingerprint density at radius 2 is 1.93 bits per heavy atom. The minimum Gasteiger partial charge on any atom is -0.351 e. The van der Waals surface area contributed by atoms with Crippen molar-refractivity contribution < 1.29 is 9.59 Å². The fourth-order valence-corrected chi connectivity index (χ4v) is 3.23. The molecular formula is C20H25N5O2. The van der Waals surface area contributed by atoms with Crippen LogP contribution in [-0.4, -0.2) is 38.9 Å². The standard InChI is InChI=1S/C20H25N5O2/c1-14-17(15(2)24(3)22-14)11-12-21-20(27)18-9-10-19(26)25(23-18)13-16-7-5-4-6-8-16/h4-8H,9-13H2,1-3H3,(H,21,27). The van der Waals surface area contributed by atoms with Gasteiger partial charge in [0.15, 0.2) is 0 Å². The molecule has 1 aliphatic heterocycles. The number of benzene rings is 1. The molecule has 7 nitrogen and oxygen atoms in total. The summed E-state index contributed by atoms with van der Waals surface area (Å²) in [5, 5.41) is 13.0. The van der Waals surface area contributed by atoms with E-state index in [4.69, 9.17) is 0 Å². The number of nitrogens with zero attached hydrogens (tertiary/aromatic N) is 4. The van der Waals surface area contributed by atoms with E-state index in [0.717, 1.165) is 28.9 Å². The van der Waals surface area contributed by atoms with E-state index in [2.05, 4.69) is 15.5 Å². The number of amides is 2. The van der Waals surface area contributed by atoms with E-state index >= 15 is 0 Å². The summed E-state index contributed by atoms with van der Waals surface area (Å²) in [6.07, 6.45) is 1.40. The maximum Gasteiger partial charge on any atom is 0.267 e. The molecule has 0 aliphatic carbocycles. The van der Waals surface area contributed by atoms with Crippen molar-refractivity contribution in [1.82, 2.24) is 20.1 Å². The summed E-state index contributed by atoms with van der Waals surface area (Å²) in [5.74, 6) is -0.267. The molecule has 0 fully saturated rings.